The molecule has 100 heavy (non-hydrogen) atoms. The molecule has 0 radical (unpaired) electrons. The van der Waals surface area contributed by atoms with Gasteiger partial charge in [0.25, 0.3) is 0 Å². The number of carbonyl (C=O) groups excluding carboxylic acids is 3. The fourth-order valence-corrected chi connectivity index (χ4v) is 34.6. The van der Waals surface area contributed by atoms with Crippen LogP contribution in [-0.2, 0) is 46.2 Å². The molecule has 15 fully saturated rings. The summed E-state index contributed by atoms with van der Waals surface area (Å²) in [7, 11) is 0. The fraction of sp³-hybridized carbons (Fsp3) is 0.667. The number of benzene rings is 2. The second kappa shape index (κ2) is 18.8. The third kappa shape index (κ3) is 5.91. The number of ether oxygens (including phenoxy) is 4. The van der Waals surface area contributed by atoms with Crippen LogP contribution in [0.1, 0.15) is 175 Å². The van der Waals surface area contributed by atoms with Crippen LogP contribution in [0.4, 0.5) is 0 Å². The third-order valence-electron chi connectivity index (χ3n) is 36.3. The Balaban J connectivity index is 0.745. The Bertz CT molecular complexity index is 4390. The molecular formula is C87H96N2O11. The van der Waals surface area contributed by atoms with Gasteiger partial charge in [-0.05, 0) is 254 Å². The van der Waals surface area contributed by atoms with Crippen molar-refractivity contribution in [3.05, 3.63) is 142 Å². The number of carbonyl (C=O) groups is 3. The van der Waals surface area contributed by atoms with Gasteiger partial charge in [-0.2, -0.15) is 0 Å². The van der Waals surface area contributed by atoms with E-state index < -0.39 is 86.1 Å². The number of hydrogen-bond acceptors (Lipinski definition) is 13. The van der Waals surface area contributed by atoms with E-state index in [-0.39, 0.29) is 95.5 Å². The normalized spacial score (nSPS) is 53.7. The molecule has 23 aliphatic rings. The van der Waals surface area contributed by atoms with Crippen molar-refractivity contribution in [3.8, 4) is 0 Å². The highest BCUT2D eigenvalue weighted by molar-refractivity contribution is 6.05. The Morgan fingerprint density at radius 1 is 0.830 bits per heavy atom. The van der Waals surface area contributed by atoms with E-state index in [1.807, 2.05) is 6.07 Å². The zero-order valence-electron chi connectivity index (χ0n) is 57.7. The minimum atomic E-state index is -1.55. The molecule has 13 heteroatoms. The summed E-state index contributed by atoms with van der Waals surface area (Å²) >= 11 is 0. The maximum atomic E-state index is 18.9. The molecule has 520 valence electrons. The van der Waals surface area contributed by atoms with Crippen LogP contribution in [0, 0.1) is 133 Å². The third-order valence-corrected chi connectivity index (χ3v) is 36.3. The number of nitrogens with one attached hydrogen (secondary N) is 1. The minimum Gasteiger partial charge on any atom is -0.469 e. The molecule has 5 saturated heterocycles. The lowest BCUT2D eigenvalue weighted by atomic mass is 9.27. The molecule has 4 N–H and O–H groups in total. The Kier molecular flexibility index (Phi) is 11.1. The number of Topliss-reactive ketones (excluding diaryl/α,β-unsaturated/α-hetero) is 1. The maximum absolute atomic E-state index is 18.9. The first-order valence-electron chi connectivity index (χ1n) is 40.3. The molecule has 26 rings (SSSR count). The van der Waals surface area contributed by atoms with Gasteiger partial charge in [0.05, 0.1) is 42.6 Å². The van der Waals surface area contributed by atoms with Crippen molar-refractivity contribution in [3.63, 3.8) is 0 Å². The van der Waals surface area contributed by atoms with E-state index in [0.717, 1.165) is 114 Å². The summed E-state index contributed by atoms with van der Waals surface area (Å²) in [5.41, 5.74) is 1.83. The molecule has 8 heterocycles. The number of hydrogen-bond donors (Lipinski definition) is 4. The summed E-state index contributed by atoms with van der Waals surface area (Å²) in [4.78, 5) is 55.3. The van der Waals surface area contributed by atoms with E-state index in [1.165, 1.54) is 59.1 Å². The van der Waals surface area contributed by atoms with Crippen LogP contribution >= 0.6 is 0 Å². The molecule has 10 saturated carbocycles. The molecule has 13 nitrogen and oxygen atoms in total. The SMILES string of the molecule is CC12CC3CC45CC6C=C7c8cccc9c8C8=CC%10CCCCC%10C%10CC=C%11CCC%12C9C%11C8%10C8C=C(CC4C6)C46OC%128C8C(=O)C(O)C(C9CCCC(Cc%10ccccc%10)C9)(C3C84COC(=O)C756)C13OC3C(=O)OC2c1ccoc1CC(C(O)CO)C1CCC2C(C=CN3CNCC23)C1. The first-order valence-corrected chi connectivity index (χ1v) is 40.3. The second-order valence-corrected chi connectivity index (χ2v) is 38.2. The molecule has 7 spiro atoms. The Morgan fingerprint density at radius 3 is 2.63 bits per heavy atom. The monoisotopic (exact) mass is 1340 g/mol. The van der Waals surface area contributed by atoms with Crippen LogP contribution in [0.5, 0.6) is 0 Å². The molecule has 2 aromatic carbocycles. The first kappa shape index (κ1) is 58.9. The summed E-state index contributed by atoms with van der Waals surface area (Å²) in [6.07, 6.45) is 32.0. The summed E-state index contributed by atoms with van der Waals surface area (Å²) in [6.45, 7) is 3.82. The molecule has 0 amide bonds. The van der Waals surface area contributed by atoms with Gasteiger partial charge < -0.3 is 43.6 Å². The minimum absolute atomic E-state index is 0.0312. The van der Waals surface area contributed by atoms with Crippen molar-refractivity contribution >= 4 is 28.9 Å². The van der Waals surface area contributed by atoms with Gasteiger partial charge >= 0.3 is 11.9 Å². The molecule has 1 aromatic heterocycles. The van der Waals surface area contributed by atoms with Gasteiger partial charge in [0.15, 0.2) is 11.9 Å². The average molecular weight is 1350 g/mol. The molecule has 3 aromatic rings. The van der Waals surface area contributed by atoms with Gasteiger partial charge in [-0.1, -0.05) is 117 Å². The lowest BCUT2D eigenvalue weighted by Gasteiger charge is -2.76. The fourth-order valence-electron chi connectivity index (χ4n) is 34.6. The number of cyclic esters (lactones) is 2. The van der Waals surface area contributed by atoms with Crippen molar-refractivity contribution in [2.24, 2.45) is 133 Å². The van der Waals surface area contributed by atoms with Gasteiger partial charge in [0.2, 0.25) is 0 Å². The molecular weight excluding hydrogens is 1250 g/mol. The van der Waals surface area contributed by atoms with Gasteiger partial charge in [-0.3, -0.25) is 14.9 Å². The second-order valence-electron chi connectivity index (χ2n) is 38.2. The number of allylic oxidation sites excluding steroid dienone is 6. The maximum Gasteiger partial charge on any atom is 0.339 e. The number of ketones is 1. The molecule has 32 atom stereocenters. The van der Waals surface area contributed by atoms with Crippen LogP contribution in [0.25, 0.3) is 11.1 Å². The van der Waals surface area contributed by atoms with Crippen molar-refractivity contribution < 1.29 is 53.1 Å². The molecule has 16 aliphatic carbocycles. The highest BCUT2D eigenvalue weighted by Gasteiger charge is 3.03. The Labute approximate surface area is 585 Å². The predicted molar refractivity (Wildman–Crippen MR) is 367 cm³/mol. The zero-order valence-corrected chi connectivity index (χ0v) is 57.7. The molecule has 32 unspecified atom stereocenters. The molecule has 13 bridgehead atoms. The first-order chi connectivity index (χ1) is 48.8. The number of esters is 2. The van der Waals surface area contributed by atoms with Crippen LogP contribution in [0.3, 0.4) is 0 Å². The summed E-state index contributed by atoms with van der Waals surface area (Å²) in [5, 5.41) is 42.6. The van der Waals surface area contributed by atoms with Crippen molar-refractivity contribution in [1.29, 1.82) is 0 Å². The highest BCUT2D eigenvalue weighted by atomic mass is 16.7. The van der Waals surface area contributed by atoms with Gasteiger partial charge in [0, 0.05) is 46.7 Å². The largest absolute Gasteiger partial charge is 0.469 e. The van der Waals surface area contributed by atoms with E-state index in [9.17, 15) is 14.9 Å². The lowest BCUT2D eigenvalue weighted by molar-refractivity contribution is -0.309. The number of rotatable bonds is 9. The standard InChI is InChI=1S/C87H96N2O11/c1-79-37-50-38-80-36-45-29-52(80)33-53-34-67-82-60-21-18-46-19-22-61-69(70(46)82)58-16-8-15-56(68(58)63(82)32-47-12-5-6-14-54(47)60)62(30-45)85(80)78(95)97-41-81-72(50)83(74(93)71(92)73(81)84(61,67)100-86(53,81)85,51-13-7-11-44(28-51)27-43-9-3-2-4-10-43)87(79)76(99-87)77(94)98-75(79)57-24-26-96-66(57)35-59(65(91)40-90)48-17-20-55-49(31-48)23-25-89-42-88-39-64(55)89/h2-4,8-10,15-16,18,23-26,30,32,34,44-45,47-52,54-55,59-61,64-65,67,69-70,72-76,88,90-91,93H,5-7,11-14,17,19-22,27-29,31,33,35-42H2,1H3. The van der Waals surface area contributed by atoms with Crippen molar-refractivity contribution in [1.82, 2.24) is 10.2 Å². The smallest absolute Gasteiger partial charge is 0.339 e. The highest BCUT2D eigenvalue weighted by Crippen LogP contribution is 2.97. The number of aliphatic hydroxyl groups excluding tert-OH is 3. The number of fused-ring (bicyclic) bond motifs is 6. The number of aliphatic hydroxyl groups is 3. The predicted octanol–water partition coefficient (Wildman–Crippen LogP) is 12.4. The van der Waals surface area contributed by atoms with Crippen molar-refractivity contribution in [2.75, 3.05) is 26.4 Å². The zero-order chi connectivity index (χ0) is 66.1. The van der Waals surface area contributed by atoms with Gasteiger partial charge in [-0.25, -0.2) is 4.79 Å². The van der Waals surface area contributed by atoms with Crippen LogP contribution in [0.2, 0.25) is 0 Å². The van der Waals surface area contributed by atoms with Gasteiger partial charge in [-0.15, -0.1) is 0 Å². The number of furan rings is 1. The van der Waals surface area contributed by atoms with E-state index in [1.54, 1.807) is 11.8 Å². The van der Waals surface area contributed by atoms with Crippen LogP contribution in [-0.4, -0.2) is 106 Å². The quantitative estimate of drug-likeness (QED) is 0.0904. The summed E-state index contributed by atoms with van der Waals surface area (Å²) < 4.78 is 39.3. The average Bonchev–Trinajstić information content (AvgIpc) is 1.39. The summed E-state index contributed by atoms with van der Waals surface area (Å²) in [5.74, 6) is 0.646. The Hall–Kier alpha value is -5.41. The van der Waals surface area contributed by atoms with E-state index >= 15 is 19.5 Å². The summed E-state index contributed by atoms with van der Waals surface area (Å²) in [6, 6.07) is 20.7. The van der Waals surface area contributed by atoms with Gasteiger partial charge in [0.1, 0.15) is 41.2 Å². The Morgan fingerprint density at radius 2 is 1.73 bits per heavy atom. The number of nitrogens with zero attached hydrogens (tertiary/aromatic N) is 1. The number of epoxide rings is 1. The lowest BCUT2D eigenvalue weighted by Crippen LogP contribution is -2.83. The topological polar surface area (TPSA) is 181 Å². The van der Waals surface area contributed by atoms with E-state index in [4.69, 9.17) is 18.6 Å². The van der Waals surface area contributed by atoms with E-state index in [2.05, 4.69) is 102 Å². The van der Waals surface area contributed by atoms with Crippen LogP contribution in [0.15, 0.2) is 113 Å². The van der Waals surface area contributed by atoms with Crippen molar-refractivity contribution in [2.45, 2.75) is 195 Å². The van der Waals surface area contributed by atoms with E-state index in [0.29, 0.717) is 60.7 Å². The molecule has 7 aliphatic heterocycles. The van der Waals surface area contributed by atoms with Crippen LogP contribution < -0.4 is 5.32 Å².